The van der Waals surface area contributed by atoms with Crippen molar-refractivity contribution in [1.29, 1.82) is 0 Å². The number of hydrogen-bond acceptors (Lipinski definition) is 6. The van der Waals surface area contributed by atoms with Crippen LogP contribution in [0.25, 0.3) is 11.3 Å². The van der Waals surface area contributed by atoms with E-state index in [1.807, 2.05) is 90.6 Å². The third-order valence-electron chi connectivity index (χ3n) is 4.86. The van der Waals surface area contributed by atoms with Gasteiger partial charge in [0.25, 0.3) is 0 Å². The van der Waals surface area contributed by atoms with E-state index in [-0.39, 0.29) is 0 Å². The number of nitrogens with zero attached hydrogens (tertiary/aromatic N) is 2. The van der Waals surface area contributed by atoms with Gasteiger partial charge in [-0.3, -0.25) is 0 Å². The molecule has 0 bridgehead atoms. The zero-order chi connectivity index (χ0) is 25.2. The average Bonchev–Trinajstić information content (AvgIpc) is 3.24. The number of nitrogens with one attached hydrogen (secondary N) is 1. The Bertz CT molecular complexity index is 1280. The number of aliphatic carboxylic acids is 2. The van der Waals surface area contributed by atoms with Crippen molar-refractivity contribution in [3.8, 4) is 28.5 Å². The Morgan fingerprint density at radius 1 is 0.886 bits per heavy atom. The summed E-state index contributed by atoms with van der Waals surface area (Å²) in [7, 11) is 3.67. The van der Waals surface area contributed by atoms with Gasteiger partial charge in [0.1, 0.15) is 17.2 Å². The van der Waals surface area contributed by atoms with Gasteiger partial charge in [-0.25, -0.2) is 14.6 Å². The first kappa shape index (κ1) is 24.8. The Balaban J connectivity index is 0.000000509. The van der Waals surface area contributed by atoms with Crippen molar-refractivity contribution in [2.45, 2.75) is 6.54 Å². The number of anilines is 1. The summed E-state index contributed by atoms with van der Waals surface area (Å²) in [6, 6.07) is 25.8. The van der Waals surface area contributed by atoms with Crippen molar-refractivity contribution in [3.05, 3.63) is 90.6 Å². The van der Waals surface area contributed by atoms with Crippen LogP contribution in [0.4, 0.5) is 5.95 Å². The molecule has 0 saturated heterocycles. The molecular weight excluding hydrogens is 450 g/mol. The van der Waals surface area contributed by atoms with E-state index in [1.165, 1.54) is 0 Å². The highest BCUT2D eigenvalue weighted by Crippen LogP contribution is 2.26. The van der Waals surface area contributed by atoms with E-state index in [9.17, 15) is 0 Å². The lowest BCUT2D eigenvalue weighted by atomic mass is 10.1. The normalized spacial score (nSPS) is 10.0. The number of imidazole rings is 1. The maximum absolute atomic E-state index is 9.10. The Morgan fingerprint density at radius 3 is 2.23 bits per heavy atom. The zero-order valence-corrected chi connectivity index (χ0v) is 19.2. The molecule has 180 valence electrons. The Labute approximate surface area is 202 Å². The number of ether oxygens (including phenoxy) is 2. The van der Waals surface area contributed by atoms with E-state index in [1.54, 1.807) is 7.11 Å². The Morgan fingerprint density at radius 2 is 1.54 bits per heavy atom. The number of carboxylic acids is 2. The molecule has 0 saturated carbocycles. The predicted molar refractivity (Wildman–Crippen MR) is 131 cm³/mol. The van der Waals surface area contributed by atoms with Gasteiger partial charge in [0.15, 0.2) is 0 Å². The summed E-state index contributed by atoms with van der Waals surface area (Å²) in [4.78, 5) is 22.7. The minimum atomic E-state index is -1.82. The third-order valence-corrected chi connectivity index (χ3v) is 4.86. The second-order valence-corrected chi connectivity index (χ2v) is 7.28. The number of methoxy groups -OCH3 is 1. The molecule has 4 aromatic rings. The summed E-state index contributed by atoms with van der Waals surface area (Å²) < 4.78 is 13.3. The van der Waals surface area contributed by atoms with Crippen LogP contribution < -0.4 is 14.8 Å². The van der Waals surface area contributed by atoms with Gasteiger partial charge in [-0.15, -0.1) is 0 Å². The number of aromatic nitrogens is 2. The lowest BCUT2D eigenvalue weighted by Crippen LogP contribution is -2.09. The second-order valence-electron chi connectivity index (χ2n) is 7.28. The molecule has 0 atom stereocenters. The highest BCUT2D eigenvalue weighted by molar-refractivity contribution is 6.27. The molecule has 0 aliphatic carbocycles. The van der Waals surface area contributed by atoms with Gasteiger partial charge in [-0.2, -0.15) is 0 Å². The highest BCUT2D eigenvalue weighted by atomic mass is 16.5. The molecule has 9 nitrogen and oxygen atoms in total. The van der Waals surface area contributed by atoms with Crippen molar-refractivity contribution in [2.75, 3.05) is 12.4 Å². The molecule has 3 aromatic carbocycles. The first-order chi connectivity index (χ1) is 16.9. The molecule has 0 aliphatic rings. The Kier molecular flexibility index (Phi) is 8.44. The van der Waals surface area contributed by atoms with Crippen LogP contribution in [0.2, 0.25) is 0 Å². The summed E-state index contributed by atoms with van der Waals surface area (Å²) in [5, 5.41) is 18.2. The van der Waals surface area contributed by atoms with Crippen molar-refractivity contribution in [2.24, 2.45) is 7.05 Å². The van der Waals surface area contributed by atoms with Crippen molar-refractivity contribution in [1.82, 2.24) is 9.55 Å². The molecule has 0 aliphatic heterocycles. The van der Waals surface area contributed by atoms with Gasteiger partial charge < -0.3 is 29.6 Å². The smallest absolute Gasteiger partial charge is 0.414 e. The number of carbonyl (C=O) groups is 2. The maximum Gasteiger partial charge on any atom is 0.414 e. The SMILES string of the molecule is COc1cccc(-c2cnc(NCc3cccc(Oc4ccccc4)c3)n2C)c1.O=C(O)C(=O)O. The molecule has 35 heavy (non-hydrogen) atoms. The molecule has 0 spiro atoms. The third kappa shape index (κ3) is 7.10. The van der Waals surface area contributed by atoms with Crippen LogP contribution in [-0.2, 0) is 23.2 Å². The molecule has 0 amide bonds. The Hall–Kier alpha value is -4.79. The lowest BCUT2D eigenvalue weighted by molar-refractivity contribution is -0.159. The van der Waals surface area contributed by atoms with Crippen LogP contribution in [0, 0.1) is 0 Å². The molecular formula is C26H25N3O6. The molecule has 0 unspecified atom stereocenters. The summed E-state index contributed by atoms with van der Waals surface area (Å²) in [5.74, 6) is -0.382. The standard InChI is InChI=1S/C24H23N3O2.C2H2O4/c1-27-23(19-9-7-12-21(15-19)28-2)17-26-24(27)25-16-18-8-6-13-22(14-18)29-20-10-4-3-5-11-20;3-1(4)2(5)6/h3-15,17H,16H2,1-2H3,(H,25,26);(H,3,4)(H,5,6). The molecule has 9 heteroatoms. The number of rotatable bonds is 7. The fraction of sp³-hybridized carbons (Fsp3) is 0.115. The monoisotopic (exact) mass is 475 g/mol. The molecule has 1 aromatic heterocycles. The van der Waals surface area contributed by atoms with Gasteiger partial charge in [-0.1, -0.05) is 42.5 Å². The summed E-state index contributed by atoms with van der Waals surface area (Å²) in [6.45, 7) is 0.647. The van der Waals surface area contributed by atoms with E-state index in [2.05, 4.69) is 16.4 Å². The number of benzene rings is 3. The molecule has 0 radical (unpaired) electrons. The van der Waals surface area contributed by atoms with Crippen LogP contribution in [0.1, 0.15) is 5.56 Å². The molecule has 4 rings (SSSR count). The highest BCUT2D eigenvalue weighted by Gasteiger charge is 2.09. The fourth-order valence-electron chi connectivity index (χ4n) is 3.15. The summed E-state index contributed by atoms with van der Waals surface area (Å²) >= 11 is 0. The minimum absolute atomic E-state index is 0.647. The average molecular weight is 476 g/mol. The summed E-state index contributed by atoms with van der Waals surface area (Å²) in [6.07, 6.45) is 1.87. The largest absolute Gasteiger partial charge is 0.497 e. The molecule has 1 heterocycles. The number of para-hydroxylation sites is 1. The van der Waals surface area contributed by atoms with Crippen LogP contribution in [-0.4, -0.2) is 38.8 Å². The lowest BCUT2D eigenvalue weighted by Gasteiger charge is -2.11. The minimum Gasteiger partial charge on any atom is -0.497 e. The van der Waals surface area contributed by atoms with Gasteiger partial charge in [0, 0.05) is 19.2 Å². The summed E-state index contributed by atoms with van der Waals surface area (Å²) in [5.41, 5.74) is 3.20. The quantitative estimate of drug-likeness (QED) is 0.330. The van der Waals surface area contributed by atoms with Gasteiger partial charge in [0.05, 0.1) is 19.0 Å². The second kappa shape index (κ2) is 11.9. The van der Waals surface area contributed by atoms with E-state index in [0.29, 0.717) is 6.54 Å². The van der Waals surface area contributed by atoms with Crippen molar-refractivity contribution < 1.29 is 29.3 Å². The fourth-order valence-corrected chi connectivity index (χ4v) is 3.15. The van der Waals surface area contributed by atoms with Crippen LogP contribution >= 0.6 is 0 Å². The molecule has 0 fully saturated rings. The maximum atomic E-state index is 9.10. The van der Waals surface area contributed by atoms with E-state index in [0.717, 1.165) is 40.0 Å². The van der Waals surface area contributed by atoms with Crippen LogP contribution in [0.15, 0.2) is 85.1 Å². The topological polar surface area (TPSA) is 123 Å². The van der Waals surface area contributed by atoms with Crippen LogP contribution in [0.5, 0.6) is 17.2 Å². The van der Waals surface area contributed by atoms with Crippen molar-refractivity contribution >= 4 is 17.9 Å². The zero-order valence-electron chi connectivity index (χ0n) is 19.2. The van der Waals surface area contributed by atoms with E-state index in [4.69, 9.17) is 29.3 Å². The van der Waals surface area contributed by atoms with Crippen molar-refractivity contribution in [3.63, 3.8) is 0 Å². The number of hydrogen-bond donors (Lipinski definition) is 3. The predicted octanol–water partition coefficient (Wildman–Crippen LogP) is 4.66. The van der Waals surface area contributed by atoms with Gasteiger partial charge >= 0.3 is 11.9 Å². The first-order valence-corrected chi connectivity index (χ1v) is 10.6. The van der Waals surface area contributed by atoms with E-state index < -0.39 is 11.9 Å². The molecule has 3 N–H and O–H groups in total. The number of carboxylic acid groups (broad SMARTS) is 2. The van der Waals surface area contributed by atoms with Gasteiger partial charge in [-0.05, 0) is 42.0 Å². The first-order valence-electron chi connectivity index (χ1n) is 10.6. The van der Waals surface area contributed by atoms with Crippen LogP contribution in [0.3, 0.4) is 0 Å². The van der Waals surface area contributed by atoms with E-state index >= 15 is 0 Å². The van der Waals surface area contributed by atoms with Gasteiger partial charge in [0.2, 0.25) is 5.95 Å².